The van der Waals surface area contributed by atoms with Gasteiger partial charge in [-0.05, 0) is 51.3 Å². The number of carbonyl (C=O) groups excluding carboxylic acids is 2. The number of amides is 2. The third kappa shape index (κ3) is 1.90. The Labute approximate surface area is 209 Å². The number of fused-ring (bicyclic) bond motifs is 6. The number of piperidine rings is 2. The molecule has 1 aromatic carbocycles. The Hall–Kier alpha value is -2.62. The van der Waals surface area contributed by atoms with E-state index in [0.717, 1.165) is 23.4 Å². The van der Waals surface area contributed by atoms with Gasteiger partial charge >= 0.3 is 0 Å². The number of rotatable bonds is 0. The van der Waals surface area contributed by atoms with Crippen LogP contribution in [0.2, 0.25) is 0 Å². The van der Waals surface area contributed by atoms with Crippen LogP contribution in [0.4, 0.5) is 5.69 Å². The number of anilines is 1. The van der Waals surface area contributed by atoms with Crippen molar-refractivity contribution < 1.29 is 29.2 Å². The Balaban J connectivity index is 1.39. The van der Waals surface area contributed by atoms with Crippen molar-refractivity contribution in [2.24, 2.45) is 11.3 Å². The number of ether oxygens (including phenoxy) is 1. The van der Waals surface area contributed by atoms with E-state index in [2.05, 4.69) is 19.2 Å². The molecule has 1 saturated carbocycles. The van der Waals surface area contributed by atoms with Gasteiger partial charge in [0.05, 0.1) is 5.69 Å². The number of carbonyl (C=O) groups is 2. The molecule has 6 fully saturated rings. The second kappa shape index (κ2) is 5.76. The molecule has 190 valence electrons. The van der Waals surface area contributed by atoms with E-state index in [1.54, 1.807) is 4.90 Å². The van der Waals surface area contributed by atoms with Crippen molar-refractivity contribution in [2.75, 3.05) is 18.2 Å². The molecule has 0 unspecified atom stereocenters. The Morgan fingerprint density at radius 1 is 1.14 bits per heavy atom. The maximum Gasteiger partial charge on any atom is 0.249 e. The van der Waals surface area contributed by atoms with E-state index in [1.807, 2.05) is 43.0 Å². The van der Waals surface area contributed by atoms with Crippen molar-refractivity contribution in [3.63, 3.8) is 0 Å². The van der Waals surface area contributed by atoms with Gasteiger partial charge < -0.3 is 25.0 Å². The third-order valence-corrected chi connectivity index (χ3v) is 10.5. The van der Waals surface area contributed by atoms with Gasteiger partial charge in [0.1, 0.15) is 28.0 Å². The van der Waals surface area contributed by atoms with Crippen LogP contribution in [0, 0.1) is 11.3 Å². The van der Waals surface area contributed by atoms with Crippen LogP contribution in [0.3, 0.4) is 0 Å². The highest BCUT2D eigenvalue weighted by molar-refractivity contribution is 6.05. The zero-order valence-corrected chi connectivity index (χ0v) is 21.0. The lowest BCUT2D eigenvalue weighted by Gasteiger charge is -2.69. The van der Waals surface area contributed by atoms with Gasteiger partial charge in [-0.1, -0.05) is 19.9 Å². The SMILES string of the molecule is CC1(C)C=Cc2c(ccc3c2N2COO[C@@]24C(C)(C)[C@H]2C[C@]56CCCN5C(=O)[C@@]2(C[C@@]34O)NC6=O)O1. The molecule has 1 aromatic rings. The van der Waals surface area contributed by atoms with Crippen LogP contribution in [0.15, 0.2) is 18.2 Å². The molecule has 8 aliphatic rings. The normalized spacial score (nSPS) is 43.8. The average molecular weight is 494 g/mol. The molecule has 36 heavy (non-hydrogen) atoms. The summed E-state index contributed by atoms with van der Waals surface area (Å²) in [6.07, 6.45) is 6.09. The summed E-state index contributed by atoms with van der Waals surface area (Å²) >= 11 is 0. The molecule has 1 aliphatic carbocycles. The molecule has 0 aromatic heterocycles. The van der Waals surface area contributed by atoms with Gasteiger partial charge in [-0.3, -0.25) is 9.59 Å². The van der Waals surface area contributed by atoms with E-state index in [4.69, 9.17) is 14.5 Å². The van der Waals surface area contributed by atoms with Crippen molar-refractivity contribution in [3.8, 4) is 5.75 Å². The summed E-state index contributed by atoms with van der Waals surface area (Å²) in [5.41, 5.74) is -3.80. The van der Waals surface area contributed by atoms with E-state index in [1.165, 1.54) is 0 Å². The standard InChI is InChI=1S/C27H31N3O6/c1-22(2)10-8-15-17(35-22)7-6-16-19(15)30-14-34-36-27(30)23(3,4)18-12-24-9-5-11-29(24)21(32)25(18,28-20(24)31)13-26(16,27)33/h6-8,10,18,33H,5,9,11-14H2,1-4H3,(H,28,31)/t18-,24+,25+,26-,27-/m1/s1. The first-order valence-corrected chi connectivity index (χ1v) is 12.9. The summed E-state index contributed by atoms with van der Waals surface area (Å²) in [7, 11) is 0. The lowest BCUT2D eigenvalue weighted by Crippen LogP contribution is -2.88. The summed E-state index contributed by atoms with van der Waals surface area (Å²) in [6.45, 7) is 8.83. The Kier molecular flexibility index (Phi) is 3.44. The van der Waals surface area contributed by atoms with Gasteiger partial charge in [-0.25, -0.2) is 9.78 Å². The second-order valence-electron chi connectivity index (χ2n) is 12.8. The summed E-state index contributed by atoms with van der Waals surface area (Å²) in [4.78, 5) is 43.4. The van der Waals surface area contributed by atoms with E-state index in [9.17, 15) is 14.7 Å². The molecule has 9 heteroatoms. The molecular formula is C27H31N3O6. The summed E-state index contributed by atoms with van der Waals surface area (Å²) in [6, 6.07) is 3.77. The minimum atomic E-state index is -1.62. The van der Waals surface area contributed by atoms with Crippen LogP contribution >= 0.6 is 0 Å². The third-order valence-electron chi connectivity index (χ3n) is 10.5. The van der Waals surface area contributed by atoms with E-state index in [0.29, 0.717) is 24.9 Å². The molecule has 9 nitrogen and oxygen atoms in total. The quantitative estimate of drug-likeness (QED) is 0.535. The van der Waals surface area contributed by atoms with Crippen LogP contribution < -0.4 is 15.0 Å². The predicted molar refractivity (Wildman–Crippen MR) is 127 cm³/mol. The van der Waals surface area contributed by atoms with Crippen LogP contribution in [-0.4, -0.2) is 57.5 Å². The Morgan fingerprint density at radius 3 is 2.75 bits per heavy atom. The minimum absolute atomic E-state index is 0.0208. The first-order chi connectivity index (χ1) is 16.9. The number of piperazine rings is 1. The van der Waals surface area contributed by atoms with Crippen molar-refractivity contribution in [3.05, 3.63) is 29.3 Å². The molecule has 9 rings (SSSR count). The maximum atomic E-state index is 14.2. The summed E-state index contributed by atoms with van der Waals surface area (Å²) in [5.74, 6) is 0.316. The van der Waals surface area contributed by atoms with Crippen LogP contribution in [-0.2, 0) is 25.0 Å². The predicted octanol–water partition coefficient (Wildman–Crippen LogP) is 2.17. The van der Waals surface area contributed by atoms with E-state index < -0.39 is 33.4 Å². The second-order valence-corrected chi connectivity index (χ2v) is 12.8. The molecule has 2 N–H and O–H groups in total. The summed E-state index contributed by atoms with van der Waals surface area (Å²) in [5, 5.41) is 16.0. The highest BCUT2D eigenvalue weighted by atomic mass is 17.2. The lowest BCUT2D eigenvalue weighted by atomic mass is 9.45. The van der Waals surface area contributed by atoms with Crippen molar-refractivity contribution in [1.82, 2.24) is 10.2 Å². The number of hydrogen-bond acceptors (Lipinski definition) is 7. The molecule has 3 spiro atoms. The molecular weight excluding hydrogens is 462 g/mol. The number of aliphatic hydroxyl groups is 1. The van der Waals surface area contributed by atoms with Gasteiger partial charge in [0.2, 0.25) is 17.5 Å². The van der Waals surface area contributed by atoms with Gasteiger partial charge in [-0.15, -0.1) is 0 Å². The lowest BCUT2D eigenvalue weighted by molar-refractivity contribution is -0.394. The topological polar surface area (TPSA) is 101 Å². The fourth-order valence-electron chi connectivity index (χ4n) is 9.10. The molecule has 5 saturated heterocycles. The number of nitrogens with one attached hydrogen (secondary N) is 1. The first kappa shape index (κ1) is 21.5. The molecule has 5 atom stereocenters. The number of hydrogen-bond donors (Lipinski definition) is 2. The van der Waals surface area contributed by atoms with Crippen LogP contribution in [0.5, 0.6) is 5.75 Å². The van der Waals surface area contributed by atoms with E-state index >= 15 is 0 Å². The highest BCUT2D eigenvalue weighted by Crippen LogP contribution is 2.73. The first-order valence-electron chi connectivity index (χ1n) is 12.9. The van der Waals surface area contributed by atoms with Crippen molar-refractivity contribution in [1.29, 1.82) is 0 Å². The molecule has 2 amide bonds. The number of benzene rings is 1. The fourth-order valence-corrected chi connectivity index (χ4v) is 9.10. The Morgan fingerprint density at radius 2 is 1.94 bits per heavy atom. The van der Waals surface area contributed by atoms with Gasteiger partial charge in [0.15, 0.2) is 6.73 Å². The molecule has 0 radical (unpaired) electrons. The molecule has 2 bridgehead atoms. The average Bonchev–Trinajstić information content (AvgIpc) is 3.49. The monoisotopic (exact) mass is 493 g/mol. The molecule has 7 aliphatic heterocycles. The van der Waals surface area contributed by atoms with Crippen molar-refractivity contribution in [2.45, 2.75) is 81.4 Å². The van der Waals surface area contributed by atoms with Crippen LogP contribution in [0.25, 0.3) is 6.08 Å². The Bertz CT molecular complexity index is 1320. The van der Waals surface area contributed by atoms with E-state index in [-0.39, 0.29) is 30.9 Å². The fraction of sp³-hybridized carbons (Fsp3) is 0.630. The van der Waals surface area contributed by atoms with Crippen LogP contribution in [0.1, 0.15) is 64.5 Å². The molecule has 7 heterocycles. The maximum absolute atomic E-state index is 14.2. The van der Waals surface area contributed by atoms with Gasteiger partial charge in [0, 0.05) is 35.4 Å². The largest absolute Gasteiger partial charge is 0.483 e. The van der Waals surface area contributed by atoms with Crippen molar-refractivity contribution >= 4 is 23.6 Å². The zero-order valence-electron chi connectivity index (χ0n) is 21.0. The van der Waals surface area contributed by atoms with Gasteiger partial charge in [0.25, 0.3) is 0 Å². The van der Waals surface area contributed by atoms with Gasteiger partial charge in [-0.2, -0.15) is 0 Å². The summed E-state index contributed by atoms with van der Waals surface area (Å²) < 4.78 is 6.26. The number of nitrogens with zero attached hydrogens (tertiary/aromatic N) is 2. The highest BCUT2D eigenvalue weighted by Gasteiger charge is 2.85. The smallest absolute Gasteiger partial charge is 0.249 e. The zero-order chi connectivity index (χ0) is 25.1. The minimum Gasteiger partial charge on any atom is -0.483 e.